The van der Waals surface area contributed by atoms with E-state index in [4.69, 9.17) is 4.98 Å². The van der Waals surface area contributed by atoms with E-state index in [9.17, 15) is 0 Å². The third-order valence-electron chi connectivity index (χ3n) is 4.30. The van der Waals surface area contributed by atoms with Gasteiger partial charge in [-0.1, -0.05) is 6.07 Å². The number of pyridine rings is 1. The summed E-state index contributed by atoms with van der Waals surface area (Å²) in [5.74, 6) is 0.860. The van der Waals surface area contributed by atoms with E-state index in [1.165, 1.54) is 18.0 Å². The van der Waals surface area contributed by atoms with Crippen LogP contribution in [0.3, 0.4) is 0 Å². The molecule has 0 amide bonds. The molecule has 2 N–H and O–H groups in total. The average molecular weight is 373 g/mol. The van der Waals surface area contributed by atoms with E-state index >= 15 is 0 Å². The van der Waals surface area contributed by atoms with Crippen LogP contribution in [0.15, 0.2) is 34.8 Å². The van der Waals surface area contributed by atoms with Crippen LogP contribution >= 0.6 is 11.3 Å². The molecule has 1 saturated heterocycles. The lowest BCUT2D eigenvalue weighted by molar-refractivity contribution is 0.785. The van der Waals surface area contributed by atoms with Gasteiger partial charge in [0, 0.05) is 62.8 Å². The molecule has 2 aromatic rings. The van der Waals surface area contributed by atoms with Gasteiger partial charge in [-0.3, -0.25) is 9.98 Å². The minimum absolute atomic E-state index is 0.724. The van der Waals surface area contributed by atoms with Gasteiger partial charge in [-0.25, -0.2) is 4.98 Å². The number of hydrogen-bond donors (Lipinski definition) is 2. The van der Waals surface area contributed by atoms with Gasteiger partial charge in [0.15, 0.2) is 11.1 Å². The number of anilines is 1. The number of aliphatic imine (C=N–C) groups is 1. The van der Waals surface area contributed by atoms with E-state index in [0.717, 1.165) is 62.9 Å². The first-order valence-corrected chi connectivity index (χ1v) is 10.3. The maximum Gasteiger partial charge on any atom is 0.191 e. The molecule has 26 heavy (non-hydrogen) atoms. The van der Waals surface area contributed by atoms with Gasteiger partial charge in [0.25, 0.3) is 0 Å². The molecule has 0 aromatic carbocycles. The lowest BCUT2D eigenvalue weighted by Gasteiger charge is -2.12. The monoisotopic (exact) mass is 372 g/mol. The second-order valence-electron chi connectivity index (χ2n) is 6.32. The molecule has 6 nitrogen and oxygen atoms in total. The van der Waals surface area contributed by atoms with Gasteiger partial charge in [-0.15, -0.1) is 11.3 Å². The molecule has 0 saturated carbocycles. The van der Waals surface area contributed by atoms with Crippen LogP contribution in [-0.2, 0) is 12.8 Å². The first kappa shape index (κ1) is 18.6. The molecule has 1 fully saturated rings. The summed E-state index contributed by atoms with van der Waals surface area (Å²) in [6.45, 7) is 6.79. The molecule has 0 aliphatic carbocycles. The lowest BCUT2D eigenvalue weighted by Crippen LogP contribution is -2.38. The van der Waals surface area contributed by atoms with E-state index in [0.29, 0.717) is 0 Å². The highest BCUT2D eigenvalue weighted by molar-refractivity contribution is 7.13. The van der Waals surface area contributed by atoms with E-state index in [1.807, 2.05) is 24.4 Å². The zero-order chi connectivity index (χ0) is 18.0. The number of aromatic nitrogens is 2. The minimum Gasteiger partial charge on any atom is -0.357 e. The van der Waals surface area contributed by atoms with Crippen molar-refractivity contribution >= 4 is 22.4 Å². The van der Waals surface area contributed by atoms with Gasteiger partial charge >= 0.3 is 0 Å². The number of nitrogens with zero attached hydrogens (tertiary/aromatic N) is 4. The van der Waals surface area contributed by atoms with Crippen molar-refractivity contribution in [1.29, 1.82) is 0 Å². The highest BCUT2D eigenvalue weighted by Gasteiger charge is 2.15. The Morgan fingerprint density at radius 1 is 1.19 bits per heavy atom. The normalized spacial score (nSPS) is 14.7. The molecular formula is C19H28N6S. The topological polar surface area (TPSA) is 65.4 Å². The second kappa shape index (κ2) is 10.1. The molecule has 0 bridgehead atoms. The second-order valence-corrected chi connectivity index (χ2v) is 7.16. The molecule has 7 heteroatoms. The van der Waals surface area contributed by atoms with Gasteiger partial charge < -0.3 is 15.5 Å². The van der Waals surface area contributed by atoms with Gasteiger partial charge in [-0.2, -0.15) is 0 Å². The van der Waals surface area contributed by atoms with Crippen LogP contribution in [0.1, 0.15) is 31.2 Å². The summed E-state index contributed by atoms with van der Waals surface area (Å²) in [6, 6.07) is 5.99. The van der Waals surface area contributed by atoms with Gasteiger partial charge in [-0.05, 0) is 31.9 Å². The van der Waals surface area contributed by atoms with Crippen LogP contribution in [-0.4, -0.2) is 48.7 Å². The van der Waals surface area contributed by atoms with Crippen LogP contribution in [0, 0.1) is 0 Å². The Balaban J connectivity index is 1.43. The van der Waals surface area contributed by atoms with Crippen molar-refractivity contribution in [2.45, 2.75) is 32.6 Å². The Morgan fingerprint density at radius 2 is 2.08 bits per heavy atom. The highest BCUT2D eigenvalue weighted by atomic mass is 32.1. The molecule has 3 rings (SSSR count). The Bertz CT molecular complexity index is 678. The van der Waals surface area contributed by atoms with E-state index in [1.54, 1.807) is 11.3 Å². The molecule has 1 aliphatic heterocycles. The van der Waals surface area contributed by atoms with Crippen LogP contribution in [0.5, 0.6) is 0 Å². The Kier molecular flexibility index (Phi) is 7.25. The standard InChI is InChI=1S/C19H28N6S/c1-2-20-18(22-11-8-16-7-3-4-10-21-16)23-12-9-17-15-26-19(24-17)25-13-5-6-14-25/h3-4,7,10,15H,2,5-6,8-9,11-14H2,1H3,(H2,20,22,23). The highest BCUT2D eigenvalue weighted by Crippen LogP contribution is 2.24. The molecule has 1 aliphatic rings. The molecular weight excluding hydrogens is 344 g/mol. The average Bonchev–Trinajstić information content (AvgIpc) is 3.34. The predicted molar refractivity (Wildman–Crippen MR) is 109 cm³/mol. The smallest absolute Gasteiger partial charge is 0.191 e. The summed E-state index contributed by atoms with van der Waals surface area (Å²) in [6.07, 6.45) is 6.17. The zero-order valence-electron chi connectivity index (χ0n) is 15.4. The summed E-state index contributed by atoms with van der Waals surface area (Å²) in [4.78, 5) is 16.1. The molecule has 3 heterocycles. The molecule has 0 unspecified atom stereocenters. The molecule has 0 atom stereocenters. The number of guanidine groups is 1. The van der Waals surface area contributed by atoms with Crippen molar-refractivity contribution < 1.29 is 0 Å². The van der Waals surface area contributed by atoms with E-state index < -0.39 is 0 Å². The van der Waals surface area contributed by atoms with Crippen LogP contribution in [0.4, 0.5) is 5.13 Å². The molecule has 0 spiro atoms. The third-order valence-corrected chi connectivity index (χ3v) is 5.25. The largest absolute Gasteiger partial charge is 0.357 e. The summed E-state index contributed by atoms with van der Waals surface area (Å²) in [5.41, 5.74) is 2.23. The summed E-state index contributed by atoms with van der Waals surface area (Å²) >= 11 is 1.76. The van der Waals surface area contributed by atoms with Crippen LogP contribution in [0.2, 0.25) is 0 Å². The van der Waals surface area contributed by atoms with E-state index in [2.05, 4.69) is 37.8 Å². The van der Waals surface area contributed by atoms with Crippen molar-refractivity contribution in [3.05, 3.63) is 41.2 Å². The van der Waals surface area contributed by atoms with Crippen molar-refractivity contribution in [3.8, 4) is 0 Å². The van der Waals surface area contributed by atoms with Crippen molar-refractivity contribution in [3.63, 3.8) is 0 Å². The number of hydrogen-bond acceptors (Lipinski definition) is 5. The maximum atomic E-state index is 4.77. The van der Waals surface area contributed by atoms with Gasteiger partial charge in [0.1, 0.15) is 0 Å². The fourth-order valence-electron chi connectivity index (χ4n) is 2.94. The minimum atomic E-state index is 0.724. The van der Waals surface area contributed by atoms with Crippen molar-refractivity contribution in [2.75, 3.05) is 37.6 Å². The quantitative estimate of drug-likeness (QED) is 0.550. The zero-order valence-corrected chi connectivity index (χ0v) is 16.3. The Labute approximate surface area is 159 Å². The first-order chi connectivity index (χ1) is 12.8. The summed E-state index contributed by atoms with van der Waals surface area (Å²) in [5, 5.41) is 10.1. The molecule has 0 radical (unpaired) electrons. The lowest BCUT2D eigenvalue weighted by atomic mass is 10.3. The SMILES string of the molecule is CCNC(=NCCc1ccccn1)NCCc1csc(N2CCCC2)n1. The van der Waals surface area contributed by atoms with Crippen molar-refractivity contribution in [1.82, 2.24) is 20.6 Å². The predicted octanol–water partition coefficient (Wildman–Crippen LogP) is 2.48. The number of thiazole rings is 1. The fourth-order valence-corrected chi connectivity index (χ4v) is 3.86. The number of nitrogens with one attached hydrogen (secondary N) is 2. The Morgan fingerprint density at radius 3 is 2.85 bits per heavy atom. The van der Waals surface area contributed by atoms with Gasteiger partial charge in [0.2, 0.25) is 0 Å². The Hall–Kier alpha value is -2.15. The first-order valence-electron chi connectivity index (χ1n) is 9.46. The van der Waals surface area contributed by atoms with E-state index in [-0.39, 0.29) is 0 Å². The fraction of sp³-hybridized carbons (Fsp3) is 0.526. The third kappa shape index (κ3) is 5.69. The summed E-state index contributed by atoms with van der Waals surface area (Å²) in [7, 11) is 0. The number of rotatable bonds is 8. The van der Waals surface area contributed by atoms with Crippen molar-refractivity contribution in [2.24, 2.45) is 4.99 Å². The van der Waals surface area contributed by atoms with Gasteiger partial charge in [0.05, 0.1) is 5.69 Å². The molecule has 140 valence electrons. The maximum absolute atomic E-state index is 4.77. The summed E-state index contributed by atoms with van der Waals surface area (Å²) < 4.78 is 0. The van der Waals surface area contributed by atoms with Crippen LogP contribution in [0.25, 0.3) is 0 Å². The van der Waals surface area contributed by atoms with Crippen LogP contribution < -0.4 is 15.5 Å². The molecule has 2 aromatic heterocycles.